The van der Waals surface area contributed by atoms with Gasteiger partial charge in [0, 0.05) is 17.3 Å². The second-order valence-corrected chi connectivity index (χ2v) is 5.74. The van der Waals surface area contributed by atoms with Crippen molar-refractivity contribution in [2.75, 3.05) is 0 Å². The summed E-state index contributed by atoms with van der Waals surface area (Å²) in [4.78, 5) is 11.6. The van der Waals surface area contributed by atoms with Crippen LogP contribution in [0.1, 0.15) is 44.2 Å². The Labute approximate surface area is 113 Å². The van der Waals surface area contributed by atoms with Crippen LogP contribution in [0.5, 0.6) is 0 Å². The van der Waals surface area contributed by atoms with Crippen molar-refractivity contribution >= 4 is 21.7 Å². The first kappa shape index (κ1) is 14.4. The molecule has 1 nitrogen and oxygen atoms in total. The van der Waals surface area contributed by atoms with Gasteiger partial charge in [-0.2, -0.15) is 0 Å². The molecule has 0 fully saturated rings. The Morgan fingerprint density at radius 1 is 1.41 bits per heavy atom. The summed E-state index contributed by atoms with van der Waals surface area (Å²) in [5.41, 5.74) is 2.56. The van der Waals surface area contributed by atoms with E-state index < -0.39 is 0 Å². The van der Waals surface area contributed by atoms with Gasteiger partial charge in [0.1, 0.15) is 5.78 Å². The van der Waals surface area contributed by atoms with Gasteiger partial charge in [-0.05, 0) is 42.9 Å². The van der Waals surface area contributed by atoms with Crippen molar-refractivity contribution in [2.45, 2.75) is 46.5 Å². The minimum absolute atomic E-state index is 0.395. The molecule has 0 spiro atoms. The summed E-state index contributed by atoms with van der Waals surface area (Å²) < 4.78 is 1.15. The van der Waals surface area contributed by atoms with Crippen LogP contribution in [0, 0.1) is 12.8 Å². The van der Waals surface area contributed by atoms with Crippen LogP contribution in [-0.2, 0) is 11.2 Å². The molecule has 1 unspecified atom stereocenters. The number of halogens is 1. The largest absolute Gasteiger partial charge is 0.300 e. The molecule has 0 aliphatic carbocycles. The normalized spacial score (nSPS) is 12.5. The molecular weight excluding hydrogens is 276 g/mol. The third-order valence-corrected chi connectivity index (χ3v) is 3.78. The lowest BCUT2D eigenvalue weighted by molar-refractivity contribution is -0.119. The molecule has 1 atom stereocenters. The molecule has 0 radical (unpaired) electrons. The predicted octanol–water partition coefficient (Wildman–Crippen LogP) is 4.70. The molecule has 2 heteroatoms. The fourth-order valence-electron chi connectivity index (χ4n) is 2.01. The smallest absolute Gasteiger partial charge is 0.133 e. The van der Waals surface area contributed by atoms with Crippen LogP contribution in [0.25, 0.3) is 0 Å². The minimum Gasteiger partial charge on any atom is -0.300 e. The highest BCUT2D eigenvalue weighted by molar-refractivity contribution is 9.10. The summed E-state index contributed by atoms with van der Waals surface area (Å²) in [6.45, 7) is 6.29. The quantitative estimate of drug-likeness (QED) is 0.744. The van der Waals surface area contributed by atoms with Gasteiger partial charge in [-0.1, -0.05) is 41.9 Å². The Hall–Kier alpha value is -0.630. The van der Waals surface area contributed by atoms with Crippen LogP contribution in [0.3, 0.4) is 0 Å². The fourth-order valence-corrected chi connectivity index (χ4v) is 2.43. The number of aryl methyl sites for hydroxylation is 1. The summed E-state index contributed by atoms with van der Waals surface area (Å²) in [5, 5.41) is 0. The van der Waals surface area contributed by atoms with Crippen molar-refractivity contribution in [3.05, 3.63) is 33.8 Å². The van der Waals surface area contributed by atoms with E-state index in [2.05, 4.69) is 54.9 Å². The van der Waals surface area contributed by atoms with E-state index in [4.69, 9.17) is 0 Å². The van der Waals surface area contributed by atoms with Crippen molar-refractivity contribution < 1.29 is 4.79 Å². The molecule has 0 bridgehead atoms. The number of hydrogen-bond acceptors (Lipinski definition) is 1. The molecule has 1 aromatic carbocycles. The topological polar surface area (TPSA) is 17.1 Å². The lowest BCUT2D eigenvalue weighted by Crippen LogP contribution is -2.07. The van der Waals surface area contributed by atoms with Gasteiger partial charge in [-0.25, -0.2) is 0 Å². The maximum Gasteiger partial charge on any atom is 0.133 e. The number of benzene rings is 1. The van der Waals surface area contributed by atoms with Gasteiger partial charge in [0.15, 0.2) is 0 Å². The molecule has 0 saturated carbocycles. The van der Waals surface area contributed by atoms with E-state index >= 15 is 0 Å². The fraction of sp³-hybridized carbons (Fsp3) is 0.533. The Morgan fingerprint density at radius 2 is 2.12 bits per heavy atom. The third-order valence-electron chi connectivity index (χ3n) is 2.93. The van der Waals surface area contributed by atoms with Gasteiger partial charge in [-0.15, -0.1) is 0 Å². The second-order valence-electron chi connectivity index (χ2n) is 4.89. The molecule has 94 valence electrons. The van der Waals surface area contributed by atoms with Crippen LogP contribution < -0.4 is 0 Å². The highest BCUT2D eigenvalue weighted by atomic mass is 79.9. The highest BCUT2D eigenvalue weighted by Crippen LogP contribution is 2.20. The van der Waals surface area contributed by atoms with Gasteiger partial charge in [-0.3, -0.25) is 4.79 Å². The van der Waals surface area contributed by atoms with Crippen molar-refractivity contribution in [3.63, 3.8) is 0 Å². The van der Waals surface area contributed by atoms with E-state index in [-0.39, 0.29) is 0 Å². The Bertz CT molecular complexity index is 385. The standard InChI is InChI=1S/C15H21BrO/c1-4-5-14(17)9-11(2)8-13-7-6-12(3)15(16)10-13/h6-7,10-11H,4-5,8-9H2,1-3H3. The predicted molar refractivity (Wildman–Crippen MR) is 76.3 cm³/mol. The molecular formula is C15H21BrO. The molecule has 0 aliphatic heterocycles. The lowest BCUT2D eigenvalue weighted by Gasteiger charge is -2.11. The van der Waals surface area contributed by atoms with Gasteiger partial charge in [0.05, 0.1) is 0 Å². The third kappa shape index (κ3) is 5.03. The number of carbonyl (C=O) groups excluding carboxylic acids is 1. The SMILES string of the molecule is CCCC(=O)CC(C)Cc1ccc(C)c(Br)c1. The molecule has 17 heavy (non-hydrogen) atoms. The summed E-state index contributed by atoms with van der Waals surface area (Å²) in [6.07, 6.45) is 3.37. The number of hydrogen-bond donors (Lipinski definition) is 0. The minimum atomic E-state index is 0.395. The van der Waals surface area contributed by atoms with Crippen LogP contribution in [0.2, 0.25) is 0 Å². The first-order valence-electron chi connectivity index (χ1n) is 6.29. The van der Waals surface area contributed by atoms with E-state index in [0.29, 0.717) is 18.1 Å². The average molecular weight is 297 g/mol. The van der Waals surface area contributed by atoms with Gasteiger partial charge >= 0.3 is 0 Å². The average Bonchev–Trinajstić information content (AvgIpc) is 2.23. The van der Waals surface area contributed by atoms with Crippen molar-refractivity contribution in [1.29, 1.82) is 0 Å². The molecule has 0 N–H and O–H groups in total. The molecule has 0 saturated heterocycles. The first-order chi connectivity index (χ1) is 8.02. The maximum atomic E-state index is 11.6. The molecule has 1 rings (SSSR count). The zero-order valence-electron chi connectivity index (χ0n) is 10.9. The monoisotopic (exact) mass is 296 g/mol. The zero-order valence-corrected chi connectivity index (χ0v) is 12.5. The van der Waals surface area contributed by atoms with Crippen molar-refractivity contribution in [2.24, 2.45) is 5.92 Å². The molecule has 0 heterocycles. The van der Waals surface area contributed by atoms with E-state index in [1.807, 2.05) is 0 Å². The van der Waals surface area contributed by atoms with Crippen LogP contribution in [-0.4, -0.2) is 5.78 Å². The lowest BCUT2D eigenvalue weighted by atomic mass is 9.94. The first-order valence-corrected chi connectivity index (χ1v) is 7.09. The molecule has 0 aliphatic rings. The van der Waals surface area contributed by atoms with Crippen molar-refractivity contribution in [1.82, 2.24) is 0 Å². The van der Waals surface area contributed by atoms with Crippen LogP contribution >= 0.6 is 15.9 Å². The Balaban J connectivity index is 2.53. The molecule has 0 amide bonds. The number of carbonyl (C=O) groups is 1. The van der Waals surface area contributed by atoms with Gasteiger partial charge in [0.2, 0.25) is 0 Å². The molecule has 0 aromatic heterocycles. The zero-order chi connectivity index (χ0) is 12.8. The Kier molecular flexibility index (Phi) is 5.90. The van der Waals surface area contributed by atoms with E-state index in [1.165, 1.54) is 11.1 Å². The van der Waals surface area contributed by atoms with Crippen molar-refractivity contribution in [3.8, 4) is 0 Å². The second kappa shape index (κ2) is 6.95. The number of rotatable bonds is 6. The molecule has 1 aromatic rings. The van der Waals surface area contributed by atoms with Crippen LogP contribution in [0.15, 0.2) is 22.7 Å². The van der Waals surface area contributed by atoms with Crippen LogP contribution in [0.4, 0.5) is 0 Å². The summed E-state index contributed by atoms with van der Waals surface area (Å²) in [7, 11) is 0. The van der Waals surface area contributed by atoms with E-state index in [9.17, 15) is 4.79 Å². The van der Waals surface area contributed by atoms with Gasteiger partial charge in [0.25, 0.3) is 0 Å². The highest BCUT2D eigenvalue weighted by Gasteiger charge is 2.09. The number of Topliss-reactive ketones (excluding diaryl/α,β-unsaturated/α-hetero) is 1. The summed E-state index contributed by atoms with van der Waals surface area (Å²) in [6, 6.07) is 6.44. The van der Waals surface area contributed by atoms with E-state index in [0.717, 1.165) is 23.7 Å². The van der Waals surface area contributed by atoms with Gasteiger partial charge < -0.3 is 0 Å². The Morgan fingerprint density at radius 3 is 2.71 bits per heavy atom. The van der Waals surface area contributed by atoms with E-state index in [1.54, 1.807) is 0 Å². The number of ketones is 1. The summed E-state index contributed by atoms with van der Waals surface area (Å²) >= 11 is 3.54. The summed E-state index contributed by atoms with van der Waals surface area (Å²) in [5.74, 6) is 0.829. The maximum absolute atomic E-state index is 11.6.